The number of carbonyl (C=O) groups is 2. The standard InChI is InChI=1S/C11H19N5O3/c1-9(3-4-10(17)18)14-11(19)12-5-2-7-16-8-6-13-15-16/h6,8-9H,2-5,7H2,1H3,(H,17,18)(H2,12,14,19). The average molecular weight is 269 g/mol. The van der Waals surface area contributed by atoms with E-state index in [-0.39, 0.29) is 18.5 Å². The number of carboxylic acids is 1. The summed E-state index contributed by atoms with van der Waals surface area (Å²) in [5.74, 6) is -0.859. The number of nitrogens with zero attached hydrogens (tertiary/aromatic N) is 3. The summed E-state index contributed by atoms with van der Waals surface area (Å²) in [7, 11) is 0. The van der Waals surface area contributed by atoms with E-state index in [0.717, 1.165) is 6.42 Å². The highest BCUT2D eigenvalue weighted by molar-refractivity contribution is 5.74. The van der Waals surface area contributed by atoms with Gasteiger partial charge in [-0.15, -0.1) is 5.10 Å². The SMILES string of the molecule is CC(CCC(=O)O)NC(=O)NCCCn1ccnn1. The third-order valence-electron chi connectivity index (χ3n) is 2.49. The second-order valence-corrected chi connectivity index (χ2v) is 4.25. The number of rotatable bonds is 8. The molecule has 0 radical (unpaired) electrons. The molecule has 106 valence electrons. The van der Waals surface area contributed by atoms with Gasteiger partial charge in [0.25, 0.3) is 0 Å². The first-order chi connectivity index (χ1) is 9.08. The number of urea groups is 1. The Labute approximate surface area is 111 Å². The van der Waals surface area contributed by atoms with E-state index in [4.69, 9.17) is 5.11 Å². The Kier molecular flexibility index (Phi) is 6.34. The molecule has 0 aliphatic rings. The number of carbonyl (C=O) groups excluding carboxylic acids is 1. The van der Waals surface area contributed by atoms with Crippen LogP contribution in [0.25, 0.3) is 0 Å². The normalized spacial score (nSPS) is 11.8. The first-order valence-electron chi connectivity index (χ1n) is 6.18. The van der Waals surface area contributed by atoms with Crippen molar-refractivity contribution in [3.05, 3.63) is 12.4 Å². The molecule has 1 rings (SSSR count). The smallest absolute Gasteiger partial charge is 0.314 e. The minimum atomic E-state index is -0.859. The zero-order chi connectivity index (χ0) is 14.1. The highest BCUT2D eigenvalue weighted by Crippen LogP contribution is 1.95. The van der Waals surface area contributed by atoms with Gasteiger partial charge in [0, 0.05) is 31.7 Å². The number of carboxylic acid groups (broad SMARTS) is 1. The second-order valence-electron chi connectivity index (χ2n) is 4.25. The van der Waals surface area contributed by atoms with E-state index in [2.05, 4.69) is 20.9 Å². The Balaban J connectivity index is 2.05. The van der Waals surface area contributed by atoms with E-state index in [1.165, 1.54) is 0 Å². The highest BCUT2D eigenvalue weighted by atomic mass is 16.4. The molecule has 0 saturated carbocycles. The van der Waals surface area contributed by atoms with Crippen LogP contribution in [0, 0.1) is 0 Å². The van der Waals surface area contributed by atoms with Gasteiger partial charge in [0.1, 0.15) is 0 Å². The van der Waals surface area contributed by atoms with Gasteiger partial charge in [-0.3, -0.25) is 9.48 Å². The molecular formula is C11H19N5O3. The van der Waals surface area contributed by atoms with Crippen molar-refractivity contribution in [2.75, 3.05) is 6.54 Å². The largest absolute Gasteiger partial charge is 0.481 e. The Bertz CT molecular complexity index is 393. The van der Waals surface area contributed by atoms with Crippen LogP contribution < -0.4 is 10.6 Å². The number of hydrogen-bond donors (Lipinski definition) is 3. The summed E-state index contributed by atoms with van der Waals surface area (Å²) in [6.07, 6.45) is 4.58. The predicted octanol–water partition coefficient (Wildman–Crippen LogP) is 0.221. The van der Waals surface area contributed by atoms with Crippen molar-refractivity contribution in [1.29, 1.82) is 0 Å². The van der Waals surface area contributed by atoms with Gasteiger partial charge >= 0.3 is 12.0 Å². The monoisotopic (exact) mass is 269 g/mol. The molecule has 1 heterocycles. The summed E-state index contributed by atoms with van der Waals surface area (Å²) in [6, 6.07) is -0.442. The molecular weight excluding hydrogens is 250 g/mol. The summed E-state index contributed by atoms with van der Waals surface area (Å²) in [4.78, 5) is 21.8. The fraction of sp³-hybridized carbons (Fsp3) is 0.636. The van der Waals surface area contributed by atoms with Crippen molar-refractivity contribution in [3.8, 4) is 0 Å². The van der Waals surface area contributed by atoms with Crippen molar-refractivity contribution < 1.29 is 14.7 Å². The summed E-state index contributed by atoms with van der Waals surface area (Å²) in [6.45, 7) is 2.99. The molecule has 2 amide bonds. The van der Waals surface area contributed by atoms with Gasteiger partial charge in [-0.2, -0.15) is 0 Å². The molecule has 3 N–H and O–H groups in total. The van der Waals surface area contributed by atoms with E-state index in [9.17, 15) is 9.59 Å². The lowest BCUT2D eigenvalue weighted by molar-refractivity contribution is -0.137. The fourth-order valence-corrected chi connectivity index (χ4v) is 1.48. The number of nitrogens with one attached hydrogen (secondary N) is 2. The van der Waals surface area contributed by atoms with Gasteiger partial charge in [-0.25, -0.2) is 4.79 Å². The maximum Gasteiger partial charge on any atom is 0.314 e. The van der Waals surface area contributed by atoms with Crippen LogP contribution in [0.2, 0.25) is 0 Å². The number of hydrogen-bond acceptors (Lipinski definition) is 4. The van der Waals surface area contributed by atoms with E-state index in [1.807, 2.05) is 0 Å². The lowest BCUT2D eigenvalue weighted by atomic mass is 10.2. The van der Waals surface area contributed by atoms with Crippen molar-refractivity contribution in [2.45, 2.75) is 38.8 Å². The van der Waals surface area contributed by atoms with Gasteiger partial charge in [0.05, 0.1) is 6.20 Å². The molecule has 0 spiro atoms. The lowest BCUT2D eigenvalue weighted by Crippen LogP contribution is -2.41. The molecule has 0 aliphatic carbocycles. The van der Waals surface area contributed by atoms with E-state index >= 15 is 0 Å². The van der Waals surface area contributed by atoms with Gasteiger partial charge in [0.15, 0.2) is 0 Å². The fourth-order valence-electron chi connectivity index (χ4n) is 1.48. The van der Waals surface area contributed by atoms with E-state index in [1.54, 1.807) is 24.0 Å². The minimum Gasteiger partial charge on any atom is -0.481 e. The summed E-state index contributed by atoms with van der Waals surface area (Å²) in [5, 5.41) is 21.4. The molecule has 1 aromatic heterocycles. The summed E-state index contributed by atoms with van der Waals surface area (Å²) < 4.78 is 1.69. The van der Waals surface area contributed by atoms with Crippen molar-refractivity contribution >= 4 is 12.0 Å². The van der Waals surface area contributed by atoms with Gasteiger partial charge in [-0.05, 0) is 19.8 Å². The zero-order valence-electron chi connectivity index (χ0n) is 10.9. The lowest BCUT2D eigenvalue weighted by Gasteiger charge is -2.13. The Hall–Kier alpha value is -2.12. The Morgan fingerprint density at radius 2 is 2.26 bits per heavy atom. The number of aromatic nitrogens is 3. The van der Waals surface area contributed by atoms with E-state index < -0.39 is 5.97 Å². The van der Waals surface area contributed by atoms with Crippen LogP contribution in [-0.4, -0.2) is 44.7 Å². The van der Waals surface area contributed by atoms with Gasteiger partial charge in [-0.1, -0.05) is 5.21 Å². The molecule has 0 fully saturated rings. The van der Waals surface area contributed by atoms with Crippen LogP contribution >= 0.6 is 0 Å². The molecule has 19 heavy (non-hydrogen) atoms. The molecule has 8 heteroatoms. The minimum absolute atomic E-state index is 0.0494. The van der Waals surface area contributed by atoms with Crippen LogP contribution in [0.4, 0.5) is 4.79 Å². The summed E-state index contributed by atoms with van der Waals surface area (Å²) >= 11 is 0. The number of aryl methyl sites for hydroxylation is 1. The zero-order valence-corrected chi connectivity index (χ0v) is 10.9. The van der Waals surface area contributed by atoms with Gasteiger partial charge < -0.3 is 15.7 Å². The van der Waals surface area contributed by atoms with Crippen LogP contribution in [0.15, 0.2) is 12.4 Å². The molecule has 1 atom stereocenters. The second kappa shape index (κ2) is 8.06. The first kappa shape index (κ1) is 14.9. The predicted molar refractivity (Wildman–Crippen MR) is 67.5 cm³/mol. The van der Waals surface area contributed by atoms with Crippen molar-refractivity contribution in [3.63, 3.8) is 0 Å². The van der Waals surface area contributed by atoms with Crippen LogP contribution in [0.3, 0.4) is 0 Å². The molecule has 0 saturated heterocycles. The molecule has 0 bridgehead atoms. The van der Waals surface area contributed by atoms with Crippen molar-refractivity contribution in [2.24, 2.45) is 0 Å². The van der Waals surface area contributed by atoms with E-state index in [0.29, 0.717) is 19.5 Å². The maximum absolute atomic E-state index is 11.5. The third kappa shape index (κ3) is 7.02. The molecule has 1 unspecified atom stereocenters. The average Bonchev–Trinajstić information content (AvgIpc) is 2.85. The number of aliphatic carboxylic acids is 1. The van der Waals surface area contributed by atoms with Crippen molar-refractivity contribution in [1.82, 2.24) is 25.6 Å². The summed E-state index contributed by atoms with van der Waals surface area (Å²) in [5.41, 5.74) is 0. The Morgan fingerprint density at radius 3 is 2.89 bits per heavy atom. The van der Waals surface area contributed by atoms with Crippen LogP contribution in [0.1, 0.15) is 26.2 Å². The Morgan fingerprint density at radius 1 is 1.47 bits per heavy atom. The first-order valence-corrected chi connectivity index (χ1v) is 6.18. The van der Waals surface area contributed by atoms with Crippen LogP contribution in [0.5, 0.6) is 0 Å². The quantitative estimate of drug-likeness (QED) is 0.585. The topological polar surface area (TPSA) is 109 Å². The molecule has 0 aromatic carbocycles. The molecule has 8 nitrogen and oxygen atoms in total. The number of amides is 2. The highest BCUT2D eigenvalue weighted by Gasteiger charge is 2.08. The molecule has 1 aromatic rings. The molecule has 0 aliphatic heterocycles. The third-order valence-corrected chi connectivity index (χ3v) is 2.49. The maximum atomic E-state index is 11.5. The van der Waals surface area contributed by atoms with Crippen LogP contribution in [-0.2, 0) is 11.3 Å². The van der Waals surface area contributed by atoms with Gasteiger partial charge in [0.2, 0.25) is 0 Å².